The fourth-order valence-corrected chi connectivity index (χ4v) is 3.91. The van der Waals surface area contributed by atoms with Gasteiger partial charge in [-0.05, 0) is 68.0 Å². The molecule has 0 bridgehead atoms. The molecule has 0 saturated carbocycles. The van der Waals surface area contributed by atoms with Crippen LogP contribution in [0.25, 0.3) is 11.0 Å². The first-order valence-corrected chi connectivity index (χ1v) is 9.74. The van der Waals surface area contributed by atoms with E-state index in [0.717, 1.165) is 52.7 Å². The molecule has 138 valence electrons. The Hall–Kier alpha value is -2.54. The van der Waals surface area contributed by atoms with Gasteiger partial charge in [0.2, 0.25) is 5.91 Å². The summed E-state index contributed by atoms with van der Waals surface area (Å²) in [6.07, 6.45) is 5.52. The van der Waals surface area contributed by atoms with Crippen molar-refractivity contribution in [3.8, 4) is 0 Å². The van der Waals surface area contributed by atoms with Crippen LogP contribution in [-0.2, 0) is 24.2 Å². The quantitative estimate of drug-likeness (QED) is 0.696. The Labute approximate surface area is 164 Å². The maximum absolute atomic E-state index is 12.8. The van der Waals surface area contributed by atoms with Gasteiger partial charge in [0.25, 0.3) is 5.56 Å². The molecule has 4 rings (SSSR count). The van der Waals surface area contributed by atoms with E-state index in [4.69, 9.17) is 0 Å². The number of pyridine rings is 1. The number of hydrogen-bond donors (Lipinski definition) is 1. The summed E-state index contributed by atoms with van der Waals surface area (Å²) in [5, 5.41) is 3.33. The van der Waals surface area contributed by atoms with E-state index in [1.165, 1.54) is 10.9 Å². The molecular formula is C20H19BrN4O2. The second-order valence-corrected chi connectivity index (χ2v) is 7.77. The molecule has 0 fully saturated rings. The van der Waals surface area contributed by atoms with Gasteiger partial charge in [-0.15, -0.1) is 0 Å². The van der Waals surface area contributed by atoms with Crippen molar-refractivity contribution in [1.82, 2.24) is 14.5 Å². The highest BCUT2D eigenvalue weighted by Crippen LogP contribution is 2.22. The highest BCUT2D eigenvalue weighted by atomic mass is 79.9. The van der Waals surface area contributed by atoms with E-state index in [1.807, 2.05) is 31.2 Å². The van der Waals surface area contributed by atoms with Crippen LogP contribution in [0.3, 0.4) is 0 Å². The number of amides is 1. The number of aryl methyl sites for hydroxylation is 3. The van der Waals surface area contributed by atoms with Crippen LogP contribution in [0.15, 0.2) is 39.9 Å². The molecule has 0 atom stereocenters. The maximum atomic E-state index is 12.8. The third-order valence-electron chi connectivity index (χ3n) is 4.87. The molecule has 2 heterocycles. The normalized spacial score (nSPS) is 13.4. The van der Waals surface area contributed by atoms with Gasteiger partial charge in [-0.25, -0.2) is 9.97 Å². The van der Waals surface area contributed by atoms with Crippen molar-refractivity contribution in [2.24, 2.45) is 0 Å². The van der Waals surface area contributed by atoms with E-state index in [9.17, 15) is 9.59 Å². The third kappa shape index (κ3) is 3.64. The lowest BCUT2D eigenvalue weighted by Crippen LogP contribution is -2.28. The minimum absolute atomic E-state index is 0.0889. The summed E-state index contributed by atoms with van der Waals surface area (Å²) in [5.74, 6) is -0.269. The summed E-state index contributed by atoms with van der Waals surface area (Å²) in [6, 6.07) is 7.52. The van der Waals surface area contributed by atoms with E-state index in [2.05, 4.69) is 31.2 Å². The fourth-order valence-electron chi connectivity index (χ4n) is 3.43. The topological polar surface area (TPSA) is 76.9 Å². The number of fused-ring (bicyclic) bond motifs is 2. The number of nitrogens with one attached hydrogen (secondary N) is 1. The molecule has 6 nitrogen and oxygen atoms in total. The Bertz CT molecular complexity index is 1110. The standard InChI is InChI=1S/C20H19BrN4O2/c1-12-8-14(21)6-7-16(12)23-18(26)10-25-11-22-19-15(20(25)27)9-13-4-2-3-5-17(13)24-19/h6-9,11H,2-5,10H2,1H3,(H,23,26). The zero-order chi connectivity index (χ0) is 19.0. The van der Waals surface area contributed by atoms with E-state index in [0.29, 0.717) is 11.0 Å². The minimum atomic E-state index is -0.269. The molecule has 0 radical (unpaired) electrons. The lowest BCUT2D eigenvalue weighted by atomic mass is 9.95. The Morgan fingerprint density at radius 1 is 1.26 bits per heavy atom. The Balaban J connectivity index is 1.61. The average molecular weight is 427 g/mol. The number of aromatic nitrogens is 3. The summed E-state index contributed by atoms with van der Waals surface area (Å²) in [5.41, 5.74) is 4.06. The molecule has 27 heavy (non-hydrogen) atoms. The largest absolute Gasteiger partial charge is 0.324 e. The van der Waals surface area contributed by atoms with Gasteiger partial charge in [-0.1, -0.05) is 15.9 Å². The molecule has 7 heteroatoms. The Morgan fingerprint density at radius 3 is 2.89 bits per heavy atom. The van der Waals surface area contributed by atoms with E-state index >= 15 is 0 Å². The van der Waals surface area contributed by atoms with Crippen LogP contribution in [0.5, 0.6) is 0 Å². The number of benzene rings is 1. The number of halogens is 1. The summed E-state index contributed by atoms with van der Waals surface area (Å²) < 4.78 is 2.28. The van der Waals surface area contributed by atoms with Crippen LogP contribution >= 0.6 is 15.9 Å². The Kier molecular flexibility index (Phi) is 4.78. The van der Waals surface area contributed by atoms with Gasteiger partial charge in [0.05, 0.1) is 5.39 Å². The van der Waals surface area contributed by atoms with Crippen molar-refractivity contribution < 1.29 is 4.79 Å². The number of anilines is 1. The van der Waals surface area contributed by atoms with Gasteiger partial charge < -0.3 is 5.32 Å². The van der Waals surface area contributed by atoms with E-state index < -0.39 is 0 Å². The molecule has 0 saturated heterocycles. The van der Waals surface area contributed by atoms with Crippen LogP contribution in [0, 0.1) is 6.92 Å². The number of hydrogen-bond acceptors (Lipinski definition) is 4. The molecule has 1 aromatic carbocycles. The first-order valence-electron chi connectivity index (χ1n) is 8.95. The van der Waals surface area contributed by atoms with Gasteiger partial charge in [0, 0.05) is 15.9 Å². The summed E-state index contributed by atoms with van der Waals surface area (Å²) in [6.45, 7) is 1.83. The molecule has 3 aromatic rings. The monoisotopic (exact) mass is 426 g/mol. The zero-order valence-electron chi connectivity index (χ0n) is 15.0. The summed E-state index contributed by atoms with van der Waals surface area (Å²) in [4.78, 5) is 34.1. The van der Waals surface area contributed by atoms with E-state index in [-0.39, 0.29) is 18.0 Å². The van der Waals surface area contributed by atoms with Gasteiger partial charge >= 0.3 is 0 Å². The molecule has 1 aliphatic carbocycles. The van der Waals surface area contributed by atoms with Crippen LogP contribution in [0.4, 0.5) is 5.69 Å². The predicted octanol–water partition coefficient (Wildman–Crippen LogP) is 3.38. The lowest BCUT2D eigenvalue weighted by molar-refractivity contribution is -0.116. The number of nitrogens with zero attached hydrogens (tertiary/aromatic N) is 3. The van der Waals surface area contributed by atoms with Gasteiger partial charge in [0.15, 0.2) is 5.65 Å². The van der Waals surface area contributed by atoms with E-state index in [1.54, 1.807) is 0 Å². The highest BCUT2D eigenvalue weighted by Gasteiger charge is 2.15. The minimum Gasteiger partial charge on any atom is -0.324 e. The van der Waals surface area contributed by atoms with Crippen molar-refractivity contribution >= 4 is 38.6 Å². The first kappa shape index (κ1) is 17.9. The second-order valence-electron chi connectivity index (χ2n) is 6.86. The molecule has 1 amide bonds. The molecule has 0 unspecified atom stereocenters. The van der Waals surface area contributed by atoms with Crippen LogP contribution in [-0.4, -0.2) is 20.4 Å². The van der Waals surface area contributed by atoms with Crippen molar-refractivity contribution in [3.05, 3.63) is 62.2 Å². The average Bonchev–Trinajstić information content (AvgIpc) is 2.65. The SMILES string of the molecule is Cc1cc(Br)ccc1NC(=O)Cn1cnc2nc3c(cc2c1=O)CCCC3. The molecule has 1 N–H and O–H groups in total. The molecule has 0 aliphatic heterocycles. The first-order chi connectivity index (χ1) is 13.0. The van der Waals surface area contributed by atoms with Crippen LogP contribution in [0.2, 0.25) is 0 Å². The van der Waals surface area contributed by atoms with Crippen molar-refractivity contribution in [1.29, 1.82) is 0 Å². The van der Waals surface area contributed by atoms with Crippen LogP contribution < -0.4 is 10.9 Å². The highest BCUT2D eigenvalue weighted by molar-refractivity contribution is 9.10. The molecule has 2 aromatic heterocycles. The lowest BCUT2D eigenvalue weighted by Gasteiger charge is -2.15. The van der Waals surface area contributed by atoms with Gasteiger partial charge in [-0.3, -0.25) is 14.2 Å². The summed E-state index contributed by atoms with van der Waals surface area (Å²) in [7, 11) is 0. The van der Waals surface area contributed by atoms with Crippen LogP contribution in [0.1, 0.15) is 29.7 Å². The molecule has 1 aliphatic rings. The molecule has 0 spiro atoms. The fraction of sp³-hybridized carbons (Fsp3) is 0.300. The number of rotatable bonds is 3. The third-order valence-corrected chi connectivity index (χ3v) is 5.36. The van der Waals surface area contributed by atoms with Gasteiger partial charge in [-0.2, -0.15) is 0 Å². The number of carbonyl (C=O) groups is 1. The Morgan fingerprint density at radius 2 is 2.07 bits per heavy atom. The second kappa shape index (κ2) is 7.23. The molecular weight excluding hydrogens is 408 g/mol. The maximum Gasteiger partial charge on any atom is 0.263 e. The van der Waals surface area contributed by atoms with Crippen molar-refractivity contribution in [2.75, 3.05) is 5.32 Å². The van der Waals surface area contributed by atoms with Crippen molar-refractivity contribution in [3.63, 3.8) is 0 Å². The predicted molar refractivity (Wildman–Crippen MR) is 108 cm³/mol. The summed E-state index contributed by atoms with van der Waals surface area (Å²) >= 11 is 3.40. The van der Waals surface area contributed by atoms with Gasteiger partial charge in [0.1, 0.15) is 12.9 Å². The van der Waals surface area contributed by atoms with Crippen molar-refractivity contribution in [2.45, 2.75) is 39.2 Å². The number of carbonyl (C=O) groups excluding carboxylic acids is 1. The smallest absolute Gasteiger partial charge is 0.263 e. The zero-order valence-corrected chi connectivity index (χ0v) is 16.5.